The minimum Gasteiger partial charge on any atom is -0.459 e. The second-order valence-corrected chi connectivity index (χ2v) is 12.9. The first kappa shape index (κ1) is 27.2. The minimum absolute atomic E-state index is 0.0309. The van der Waals surface area contributed by atoms with Crippen molar-refractivity contribution < 1.29 is 46.1 Å². The van der Waals surface area contributed by atoms with E-state index in [1.54, 1.807) is 0 Å². The zero-order chi connectivity index (χ0) is 26.9. The molecule has 6 fully saturated rings. The van der Waals surface area contributed by atoms with Gasteiger partial charge in [-0.05, 0) is 84.0 Å². The molecule has 5 saturated carbocycles. The topological polar surface area (TPSA) is 71.1 Å². The molecule has 0 aromatic rings. The average molecular weight is 535 g/mol. The summed E-state index contributed by atoms with van der Waals surface area (Å²) in [6.45, 7) is 2.77. The number of carbonyl (C=O) groups excluding carboxylic acids is 2. The second kappa shape index (κ2) is 8.80. The van der Waals surface area contributed by atoms with Gasteiger partial charge >= 0.3 is 23.8 Å². The highest BCUT2D eigenvalue weighted by Crippen LogP contribution is 2.64. The monoisotopic (exact) mass is 534 g/mol. The van der Waals surface area contributed by atoms with Gasteiger partial charge in [-0.25, -0.2) is 0 Å². The van der Waals surface area contributed by atoms with Gasteiger partial charge in [0.25, 0.3) is 0 Å². The summed E-state index contributed by atoms with van der Waals surface area (Å²) in [6, 6.07) is 0. The summed E-state index contributed by atoms with van der Waals surface area (Å²) in [7, 11) is 0. The van der Waals surface area contributed by atoms with Crippen molar-refractivity contribution in [1.82, 2.24) is 0 Å². The Morgan fingerprint density at radius 3 is 1.95 bits per heavy atom. The van der Waals surface area contributed by atoms with Crippen LogP contribution in [-0.2, 0) is 28.5 Å². The van der Waals surface area contributed by atoms with Crippen molar-refractivity contribution in [2.75, 3.05) is 13.2 Å². The number of hydrogen-bond acceptors (Lipinski definition) is 6. The molecule has 0 aromatic heterocycles. The lowest BCUT2D eigenvalue weighted by atomic mass is 9.51. The molecule has 0 amide bonds. The van der Waals surface area contributed by atoms with Crippen molar-refractivity contribution in [3.05, 3.63) is 0 Å². The molecule has 1 saturated heterocycles. The normalized spacial score (nSPS) is 36.8. The Morgan fingerprint density at radius 1 is 0.892 bits per heavy atom. The Morgan fingerprint density at radius 2 is 1.43 bits per heavy atom. The highest BCUT2D eigenvalue weighted by Gasteiger charge is 2.70. The standard InChI is InChI=1S/C27H38F4O6/c1-4-22(2,3)21(33)37-23(7-5-6-8-23)14-20(32)36-24-11-17-9-18(12-24)27(19(10-17)13-24)34-15-25(28,29)26(30,31)16-35-27/h17-19H,4-16H2,1-3H3. The second-order valence-electron chi connectivity index (χ2n) is 12.9. The fourth-order valence-electron chi connectivity index (χ4n) is 7.47. The van der Waals surface area contributed by atoms with E-state index in [1.165, 1.54) is 0 Å². The Bertz CT molecular complexity index is 892. The molecule has 2 atom stereocenters. The number of alkyl halides is 4. The summed E-state index contributed by atoms with van der Waals surface area (Å²) in [4.78, 5) is 26.1. The summed E-state index contributed by atoms with van der Waals surface area (Å²) in [5.41, 5.74) is -2.34. The van der Waals surface area contributed by atoms with E-state index >= 15 is 0 Å². The molecular formula is C27H38F4O6. The third kappa shape index (κ3) is 4.57. The van der Waals surface area contributed by atoms with Gasteiger partial charge in [-0.3, -0.25) is 9.59 Å². The zero-order valence-electron chi connectivity index (χ0n) is 21.9. The highest BCUT2D eigenvalue weighted by atomic mass is 19.3. The molecule has 2 unspecified atom stereocenters. The van der Waals surface area contributed by atoms with Gasteiger partial charge in [0.1, 0.15) is 24.4 Å². The molecular weight excluding hydrogens is 496 g/mol. The molecule has 0 N–H and O–H groups in total. The van der Waals surface area contributed by atoms with E-state index in [-0.39, 0.29) is 18.3 Å². The van der Waals surface area contributed by atoms with E-state index in [0.29, 0.717) is 51.4 Å². The van der Waals surface area contributed by atoms with Crippen LogP contribution in [0.15, 0.2) is 0 Å². The lowest BCUT2D eigenvalue weighted by Gasteiger charge is -2.63. The number of ether oxygens (including phenoxy) is 4. The van der Waals surface area contributed by atoms with E-state index in [2.05, 4.69) is 0 Å². The number of carbonyl (C=O) groups is 2. The molecule has 1 aliphatic heterocycles. The maximum absolute atomic E-state index is 14.0. The zero-order valence-corrected chi connectivity index (χ0v) is 21.9. The third-order valence-corrected chi connectivity index (χ3v) is 9.82. The third-order valence-electron chi connectivity index (χ3n) is 9.82. The van der Waals surface area contributed by atoms with Crippen LogP contribution in [0.3, 0.4) is 0 Å². The highest BCUT2D eigenvalue weighted by molar-refractivity contribution is 5.77. The molecule has 6 aliphatic rings. The van der Waals surface area contributed by atoms with Crippen LogP contribution < -0.4 is 0 Å². The molecule has 6 rings (SSSR count). The van der Waals surface area contributed by atoms with E-state index in [4.69, 9.17) is 18.9 Å². The van der Waals surface area contributed by atoms with Gasteiger partial charge in [-0.1, -0.05) is 6.92 Å². The van der Waals surface area contributed by atoms with Crippen LogP contribution in [0.4, 0.5) is 17.6 Å². The van der Waals surface area contributed by atoms with Gasteiger partial charge in [0.05, 0.1) is 11.8 Å². The lowest BCUT2D eigenvalue weighted by Crippen LogP contribution is -2.66. The lowest BCUT2D eigenvalue weighted by molar-refractivity contribution is -0.355. The van der Waals surface area contributed by atoms with Crippen LogP contribution in [0.5, 0.6) is 0 Å². The predicted octanol–water partition coefficient (Wildman–Crippen LogP) is 5.80. The molecule has 10 heteroatoms. The summed E-state index contributed by atoms with van der Waals surface area (Å²) < 4.78 is 79.3. The van der Waals surface area contributed by atoms with Crippen LogP contribution >= 0.6 is 0 Å². The molecule has 37 heavy (non-hydrogen) atoms. The van der Waals surface area contributed by atoms with Crippen molar-refractivity contribution >= 4 is 11.9 Å². The summed E-state index contributed by atoms with van der Waals surface area (Å²) in [6.07, 6.45) is 5.97. The SMILES string of the molecule is CCC(C)(C)C(=O)OC1(CC(=O)OC23CC4CC(C2)C2(OCC(F)(F)C(F)(F)CO2)C(C4)C3)CCCC1. The molecule has 210 valence electrons. The van der Waals surface area contributed by atoms with Crippen LogP contribution in [-0.4, -0.2) is 54.0 Å². The Hall–Kier alpha value is -1.42. The van der Waals surface area contributed by atoms with Gasteiger partial charge in [-0.15, -0.1) is 0 Å². The fourth-order valence-corrected chi connectivity index (χ4v) is 7.47. The van der Waals surface area contributed by atoms with Crippen molar-refractivity contribution in [2.24, 2.45) is 23.2 Å². The van der Waals surface area contributed by atoms with Gasteiger partial charge in [0.2, 0.25) is 0 Å². The maximum Gasteiger partial charge on any atom is 0.335 e. The van der Waals surface area contributed by atoms with Gasteiger partial charge in [0.15, 0.2) is 5.79 Å². The molecule has 1 spiro atoms. The molecule has 1 heterocycles. The van der Waals surface area contributed by atoms with Crippen LogP contribution in [0.1, 0.15) is 91.4 Å². The van der Waals surface area contributed by atoms with Gasteiger partial charge < -0.3 is 18.9 Å². The van der Waals surface area contributed by atoms with Gasteiger partial charge in [-0.2, -0.15) is 17.6 Å². The molecule has 6 nitrogen and oxygen atoms in total. The molecule has 5 aliphatic carbocycles. The maximum atomic E-state index is 14.0. The summed E-state index contributed by atoms with van der Waals surface area (Å²) >= 11 is 0. The van der Waals surface area contributed by atoms with Gasteiger partial charge in [0, 0.05) is 11.8 Å². The van der Waals surface area contributed by atoms with Crippen molar-refractivity contribution in [3.63, 3.8) is 0 Å². The van der Waals surface area contributed by atoms with Crippen molar-refractivity contribution in [1.29, 1.82) is 0 Å². The fraction of sp³-hybridized carbons (Fsp3) is 0.926. The first-order valence-corrected chi connectivity index (χ1v) is 13.6. The minimum atomic E-state index is -4.31. The summed E-state index contributed by atoms with van der Waals surface area (Å²) in [5, 5.41) is 0. The van der Waals surface area contributed by atoms with E-state index in [9.17, 15) is 27.2 Å². The van der Waals surface area contributed by atoms with E-state index in [0.717, 1.165) is 12.8 Å². The number of halogens is 4. The van der Waals surface area contributed by atoms with E-state index in [1.807, 2.05) is 20.8 Å². The van der Waals surface area contributed by atoms with Crippen molar-refractivity contribution in [3.8, 4) is 0 Å². The predicted molar refractivity (Wildman–Crippen MR) is 123 cm³/mol. The smallest absolute Gasteiger partial charge is 0.335 e. The number of hydrogen-bond donors (Lipinski definition) is 0. The Balaban J connectivity index is 1.29. The average Bonchev–Trinajstić information content (AvgIpc) is 3.21. The first-order chi connectivity index (χ1) is 17.2. The quantitative estimate of drug-likeness (QED) is 0.317. The Kier molecular flexibility index (Phi) is 6.46. The van der Waals surface area contributed by atoms with Crippen LogP contribution in [0.2, 0.25) is 0 Å². The van der Waals surface area contributed by atoms with Crippen molar-refractivity contribution in [2.45, 2.75) is 120 Å². The van der Waals surface area contributed by atoms with Crippen LogP contribution in [0.25, 0.3) is 0 Å². The van der Waals surface area contributed by atoms with Crippen LogP contribution in [0, 0.1) is 23.2 Å². The first-order valence-electron chi connectivity index (χ1n) is 13.6. The summed E-state index contributed by atoms with van der Waals surface area (Å²) in [5.74, 6) is -11.6. The molecule has 0 radical (unpaired) electrons. The number of esters is 2. The molecule has 4 bridgehead atoms. The molecule has 0 aromatic carbocycles. The largest absolute Gasteiger partial charge is 0.459 e. The van der Waals surface area contributed by atoms with E-state index < -0.39 is 65.3 Å². The number of rotatable bonds is 6. The Labute approximate surface area is 215 Å².